The van der Waals surface area contributed by atoms with Crippen LogP contribution < -0.4 is 15.4 Å². The van der Waals surface area contributed by atoms with E-state index >= 15 is 0 Å². The molecule has 0 aliphatic carbocycles. The zero-order valence-electron chi connectivity index (χ0n) is 15.6. The van der Waals surface area contributed by atoms with Crippen LogP contribution in [0.25, 0.3) is 0 Å². The number of likely N-dealkylation sites (N-methyl/N-ethyl adjacent to an activating group) is 1. The van der Waals surface area contributed by atoms with Gasteiger partial charge in [0.25, 0.3) is 0 Å². The third-order valence-electron chi connectivity index (χ3n) is 4.08. The molecule has 2 rings (SSSR count). The van der Waals surface area contributed by atoms with Gasteiger partial charge in [0.15, 0.2) is 0 Å². The van der Waals surface area contributed by atoms with Gasteiger partial charge in [0.05, 0.1) is 40.5 Å². The molecule has 0 heterocycles. The van der Waals surface area contributed by atoms with E-state index in [1.54, 1.807) is 50.2 Å². The molecule has 2 aromatic carbocycles. The van der Waals surface area contributed by atoms with Crippen molar-refractivity contribution in [3.63, 3.8) is 0 Å². The quantitative estimate of drug-likeness (QED) is 0.615. The number of methoxy groups -OCH3 is 1. The van der Waals surface area contributed by atoms with Crippen molar-refractivity contribution in [1.82, 2.24) is 4.90 Å². The zero-order chi connectivity index (χ0) is 20.8. The number of nitrogens with zero attached hydrogens (tertiary/aromatic N) is 1. The number of hydrogen-bond donors (Lipinski definition) is 2. The highest BCUT2D eigenvalue weighted by molar-refractivity contribution is 6.44. The van der Waals surface area contributed by atoms with Crippen LogP contribution >= 0.6 is 34.8 Å². The van der Waals surface area contributed by atoms with Gasteiger partial charge >= 0.3 is 0 Å². The van der Waals surface area contributed by atoms with Crippen LogP contribution in [0, 0.1) is 0 Å². The molecule has 0 saturated heterocycles. The summed E-state index contributed by atoms with van der Waals surface area (Å²) in [5, 5.41) is 6.31. The van der Waals surface area contributed by atoms with Crippen molar-refractivity contribution in [1.29, 1.82) is 0 Å². The lowest BCUT2D eigenvalue weighted by atomic mass is 10.2. The van der Waals surface area contributed by atoms with Crippen molar-refractivity contribution in [3.8, 4) is 5.75 Å². The summed E-state index contributed by atoms with van der Waals surface area (Å²) in [5.74, 6) is 0.112. The third-order valence-corrected chi connectivity index (χ3v) is 5.11. The van der Waals surface area contributed by atoms with Crippen molar-refractivity contribution >= 4 is 58.0 Å². The average molecular weight is 445 g/mol. The van der Waals surface area contributed by atoms with Crippen molar-refractivity contribution in [2.75, 3.05) is 31.3 Å². The second-order valence-electron chi connectivity index (χ2n) is 6.10. The third kappa shape index (κ3) is 6.01. The van der Waals surface area contributed by atoms with E-state index in [1.165, 1.54) is 12.1 Å². The van der Waals surface area contributed by atoms with Gasteiger partial charge in [0.2, 0.25) is 11.8 Å². The topological polar surface area (TPSA) is 70.7 Å². The first-order valence-electron chi connectivity index (χ1n) is 8.30. The fourth-order valence-electron chi connectivity index (χ4n) is 2.29. The van der Waals surface area contributed by atoms with Crippen molar-refractivity contribution in [2.24, 2.45) is 0 Å². The molecular formula is C19H20Cl3N3O3. The number of hydrogen-bond acceptors (Lipinski definition) is 4. The molecule has 6 nitrogen and oxygen atoms in total. The molecule has 0 saturated carbocycles. The van der Waals surface area contributed by atoms with Gasteiger partial charge in [-0.3, -0.25) is 14.5 Å². The number of benzene rings is 2. The summed E-state index contributed by atoms with van der Waals surface area (Å²) >= 11 is 17.9. The predicted octanol–water partition coefficient (Wildman–Crippen LogP) is 4.55. The molecule has 0 aliphatic heterocycles. The number of carbonyl (C=O) groups excluding carboxylic acids is 2. The Morgan fingerprint density at radius 1 is 1.04 bits per heavy atom. The Balaban J connectivity index is 1.93. The Morgan fingerprint density at radius 2 is 1.64 bits per heavy atom. The smallest absolute Gasteiger partial charge is 0.241 e. The molecule has 150 valence electrons. The van der Waals surface area contributed by atoms with E-state index in [0.29, 0.717) is 22.1 Å². The van der Waals surface area contributed by atoms with Crippen LogP contribution in [-0.4, -0.2) is 43.5 Å². The van der Waals surface area contributed by atoms with E-state index in [1.807, 2.05) is 0 Å². The van der Waals surface area contributed by atoms with Crippen molar-refractivity contribution < 1.29 is 14.3 Å². The molecule has 0 unspecified atom stereocenters. The van der Waals surface area contributed by atoms with Crippen molar-refractivity contribution in [3.05, 3.63) is 51.5 Å². The van der Waals surface area contributed by atoms with Gasteiger partial charge in [0, 0.05) is 5.69 Å². The minimum Gasteiger partial charge on any atom is -0.497 e. The SMILES string of the molecule is COc1ccc(NC(=O)CN(C)[C@@H](C)C(=O)Nc2cc(Cl)c(Cl)cc2Cl)cc1. The molecule has 2 amide bonds. The Morgan fingerprint density at radius 3 is 2.25 bits per heavy atom. The summed E-state index contributed by atoms with van der Waals surface area (Å²) in [4.78, 5) is 26.3. The molecule has 0 bridgehead atoms. The van der Waals surface area contributed by atoms with Gasteiger partial charge in [-0.2, -0.15) is 0 Å². The number of halogens is 3. The molecule has 0 fully saturated rings. The summed E-state index contributed by atoms with van der Waals surface area (Å²) in [7, 11) is 3.24. The van der Waals surface area contributed by atoms with E-state index in [2.05, 4.69) is 10.6 Å². The van der Waals surface area contributed by atoms with E-state index in [0.717, 1.165) is 0 Å². The summed E-state index contributed by atoms with van der Waals surface area (Å²) in [6.07, 6.45) is 0. The number of rotatable bonds is 7. The second-order valence-corrected chi connectivity index (χ2v) is 7.32. The van der Waals surface area contributed by atoms with Gasteiger partial charge in [-0.25, -0.2) is 0 Å². The van der Waals surface area contributed by atoms with Crippen LogP contribution in [0.5, 0.6) is 5.75 Å². The lowest BCUT2D eigenvalue weighted by Crippen LogP contribution is -2.43. The molecule has 1 atom stereocenters. The Kier molecular flexibility index (Phi) is 7.95. The molecule has 0 aromatic heterocycles. The van der Waals surface area contributed by atoms with E-state index in [9.17, 15) is 9.59 Å². The average Bonchev–Trinajstić information content (AvgIpc) is 2.65. The lowest BCUT2D eigenvalue weighted by molar-refractivity contribution is -0.122. The predicted molar refractivity (Wildman–Crippen MR) is 114 cm³/mol. The van der Waals surface area contributed by atoms with Crippen LogP contribution in [0.4, 0.5) is 11.4 Å². The maximum absolute atomic E-state index is 12.5. The highest BCUT2D eigenvalue weighted by Gasteiger charge is 2.21. The summed E-state index contributed by atoms with van der Waals surface area (Å²) in [6.45, 7) is 1.71. The largest absolute Gasteiger partial charge is 0.497 e. The minimum atomic E-state index is -0.591. The van der Waals surface area contributed by atoms with E-state index in [4.69, 9.17) is 39.5 Å². The fraction of sp³-hybridized carbons (Fsp3) is 0.263. The van der Waals surface area contributed by atoms with Gasteiger partial charge in [-0.05, 0) is 50.4 Å². The van der Waals surface area contributed by atoms with Gasteiger partial charge < -0.3 is 15.4 Å². The Labute approximate surface area is 178 Å². The standard InChI is InChI=1S/C19H20Cl3N3O3/c1-11(19(27)24-17-9-15(21)14(20)8-16(17)22)25(2)10-18(26)23-12-4-6-13(28-3)7-5-12/h4-9,11H,10H2,1-3H3,(H,23,26)(H,24,27)/t11-/m0/s1. The van der Waals surface area contributed by atoms with Crippen LogP contribution in [0.3, 0.4) is 0 Å². The first-order valence-corrected chi connectivity index (χ1v) is 9.44. The van der Waals surface area contributed by atoms with E-state index < -0.39 is 6.04 Å². The highest BCUT2D eigenvalue weighted by Crippen LogP contribution is 2.32. The number of ether oxygens (including phenoxy) is 1. The van der Waals surface area contributed by atoms with Gasteiger partial charge in [-0.1, -0.05) is 34.8 Å². The van der Waals surface area contributed by atoms with Crippen LogP contribution in [-0.2, 0) is 9.59 Å². The van der Waals surface area contributed by atoms with Crippen LogP contribution in [0.1, 0.15) is 6.92 Å². The number of anilines is 2. The number of carbonyl (C=O) groups is 2. The second kappa shape index (κ2) is 9.98. The minimum absolute atomic E-state index is 0.0235. The highest BCUT2D eigenvalue weighted by atomic mass is 35.5. The molecule has 2 N–H and O–H groups in total. The summed E-state index contributed by atoms with van der Waals surface area (Å²) in [5.41, 5.74) is 0.989. The van der Waals surface area contributed by atoms with Gasteiger partial charge in [0.1, 0.15) is 5.75 Å². The maximum Gasteiger partial charge on any atom is 0.241 e. The molecule has 0 spiro atoms. The lowest BCUT2D eigenvalue weighted by Gasteiger charge is -2.23. The molecule has 0 aliphatic rings. The number of amides is 2. The van der Waals surface area contributed by atoms with Crippen LogP contribution in [0.2, 0.25) is 15.1 Å². The maximum atomic E-state index is 12.5. The van der Waals surface area contributed by atoms with Gasteiger partial charge in [-0.15, -0.1) is 0 Å². The molecule has 0 radical (unpaired) electrons. The first-order chi connectivity index (χ1) is 13.2. The fourth-order valence-corrected chi connectivity index (χ4v) is 2.89. The van der Waals surface area contributed by atoms with Crippen LogP contribution in [0.15, 0.2) is 36.4 Å². The first kappa shape index (κ1) is 22.3. The summed E-state index contributed by atoms with van der Waals surface area (Å²) < 4.78 is 5.08. The van der Waals surface area contributed by atoms with E-state index in [-0.39, 0.29) is 28.4 Å². The summed E-state index contributed by atoms with van der Waals surface area (Å²) in [6, 6.07) is 9.31. The van der Waals surface area contributed by atoms with Crippen molar-refractivity contribution in [2.45, 2.75) is 13.0 Å². The molecular weight excluding hydrogens is 425 g/mol. The zero-order valence-corrected chi connectivity index (χ0v) is 17.8. The molecule has 2 aromatic rings. The normalized spacial score (nSPS) is 11.8. The Bertz CT molecular complexity index is 859. The molecule has 28 heavy (non-hydrogen) atoms. The monoisotopic (exact) mass is 443 g/mol. The molecule has 9 heteroatoms. The number of nitrogens with one attached hydrogen (secondary N) is 2. The Hall–Kier alpha value is -1.99.